The zero-order valence-electron chi connectivity index (χ0n) is 17.5. The first-order chi connectivity index (χ1) is 13.2. The van der Waals surface area contributed by atoms with Crippen molar-refractivity contribution in [3.05, 3.63) is 34.4 Å². The van der Waals surface area contributed by atoms with Crippen LogP contribution in [0.25, 0.3) is 0 Å². The van der Waals surface area contributed by atoms with E-state index in [4.69, 9.17) is 16.2 Å². The average Bonchev–Trinajstić information content (AvgIpc) is 2.61. The third-order valence-electron chi connectivity index (χ3n) is 5.09. The molecule has 6 nitrogen and oxygen atoms in total. The highest BCUT2D eigenvalue weighted by atomic mass is 16.6. The molecule has 1 atom stereocenters. The number of ether oxygens (including phenoxy) is 1. The van der Waals surface area contributed by atoms with E-state index in [0.29, 0.717) is 6.42 Å². The van der Waals surface area contributed by atoms with E-state index in [-0.39, 0.29) is 0 Å². The summed E-state index contributed by atoms with van der Waals surface area (Å²) in [6, 6.07) is 3.47. The molecule has 28 heavy (non-hydrogen) atoms. The fraction of sp³-hybridized carbons (Fsp3) is 0.636. The third-order valence-corrected chi connectivity index (χ3v) is 5.09. The number of alkyl carbamates (subject to hydrolysis) is 1. The molecule has 5 N–H and O–H groups in total. The molecule has 2 amide bonds. The van der Waals surface area contributed by atoms with Gasteiger partial charge in [0.1, 0.15) is 11.6 Å². The summed E-state index contributed by atoms with van der Waals surface area (Å²) < 4.78 is 5.27. The molecule has 1 aromatic rings. The summed E-state index contributed by atoms with van der Waals surface area (Å²) >= 11 is 0. The van der Waals surface area contributed by atoms with Crippen molar-refractivity contribution in [1.82, 2.24) is 5.32 Å². The van der Waals surface area contributed by atoms with Crippen LogP contribution in [-0.4, -0.2) is 30.2 Å². The number of amides is 2. The second kappa shape index (κ2) is 9.92. The molecule has 1 aliphatic carbocycles. The molecular formula is C22H35N3O3. The Kier molecular flexibility index (Phi) is 7.87. The van der Waals surface area contributed by atoms with Crippen molar-refractivity contribution in [2.75, 3.05) is 6.54 Å². The van der Waals surface area contributed by atoms with Crippen LogP contribution < -0.4 is 16.8 Å². The van der Waals surface area contributed by atoms with Gasteiger partial charge in [-0.15, -0.1) is 0 Å². The van der Waals surface area contributed by atoms with E-state index < -0.39 is 23.6 Å². The molecule has 0 unspecified atom stereocenters. The van der Waals surface area contributed by atoms with Crippen molar-refractivity contribution in [2.24, 2.45) is 11.5 Å². The van der Waals surface area contributed by atoms with E-state index in [1.807, 2.05) is 0 Å². The SMILES string of the molecule is CC(C)(C)OC(=O)N[C@@H](Cc1ccc(CCCCN)c2c1CCCC2)C(N)=O. The first-order valence-electron chi connectivity index (χ1n) is 10.3. The van der Waals surface area contributed by atoms with E-state index in [1.54, 1.807) is 20.8 Å². The summed E-state index contributed by atoms with van der Waals surface area (Å²) in [4.78, 5) is 24.1. The fourth-order valence-electron chi connectivity index (χ4n) is 3.79. The molecule has 2 rings (SSSR count). The van der Waals surface area contributed by atoms with Crippen molar-refractivity contribution in [3.63, 3.8) is 0 Å². The number of hydrogen-bond acceptors (Lipinski definition) is 4. The van der Waals surface area contributed by atoms with Gasteiger partial charge in [0.05, 0.1) is 0 Å². The Hall–Kier alpha value is -2.08. The molecule has 156 valence electrons. The topological polar surface area (TPSA) is 107 Å². The minimum atomic E-state index is -0.788. The van der Waals surface area contributed by atoms with Gasteiger partial charge in [0, 0.05) is 6.42 Å². The number of nitrogens with two attached hydrogens (primary N) is 2. The van der Waals surface area contributed by atoms with Crippen LogP contribution in [-0.2, 0) is 35.2 Å². The molecule has 0 fully saturated rings. The highest BCUT2D eigenvalue weighted by molar-refractivity contribution is 5.84. The molecule has 0 saturated carbocycles. The summed E-state index contributed by atoms with van der Waals surface area (Å²) in [5.41, 5.74) is 15.8. The van der Waals surface area contributed by atoms with Gasteiger partial charge in [0.25, 0.3) is 0 Å². The van der Waals surface area contributed by atoms with Crippen LogP contribution in [0.1, 0.15) is 68.7 Å². The average molecular weight is 390 g/mol. The molecule has 0 bridgehead atoms. The highest BCUT2D eigenvalue weighted by Gasteiger charge is 2.25. The fourth-order valence-corrected chi connectivity index (χ4v) is 3.79. The van der Waals surface area contributed by atoms with Crippen molar-refractivity contribution in [1.29, 1.82) is 0 Å². The van der Waals surface area contributed by atoms with E-state index in [9.17, 15) is 9.59 Å². The summed E-state index contributed by atoms with van der Waals surface area (Å²) in [7, 11) is 0. The minimum absolute atomic E-state index is 0.389. The van der Waals surface area contributed by atoms with Crippen molar-refractivity contribution < 1.29 is 14.3 Å². The second-order valence-corrected chi connectivity index (χ2v) is 8.60. The van der Waals surface area contributed by atoms with Gasteiger partial charge in [0.2, 0.25) is 5.91 Å². The quantitative estimate of drug-likeness (QED) is 0.594. The molecular weight excluding hydrogens is 354 g/mol. The van der Waals surface area contributed by atoms with Crippen molar-refractivity contribution in [2.45, 2.75) is 83.8 Å². The molecule has 1 aromatic carbocycles. The zero-order chi connectivity index (χ0) is 20.7. The summed E-state index contributed by atoms with van der Waals surface area (Å²) in [6.45, 7) is 6.07. The Balaban J connectivity index is 2.18. The second-order valence-electron chi connectivity index (χ2n) is 8.60. The normalized spacial score (nSPS) is 14.9. The summed E-state index contributed by atoms with van der Waals surface area (Å²) in [5, 5.41) is 2.64. The molecule has 6 heteroatoms. The van der Waals surface area contributed by atoms with Crippen molar-refractivity contribution in [3.8, 4) is 0 Å². The van der Waals surface area contributed by atoms with Gasteiger partial charge in [-0.25, -0.2) is 4.79 Å². The first-order valence-corrected chi connectivity index (χ1v) is 10.3. The van der Waals surface area contributed by atoms with Gasteiger partial charge in [-0.05, 0) is 94.5 Å². The summed E-state index contributed by atoms with van der Waals surface area (Å²) in [6.07, 6.45) is 7.34. The molecule has 0 aromatic heterocycles. The minimum Gasteiger partial charge on any atom is -0.444 e. The lowest BCUT2D eigenvalue weighted by Crippen LogP contribution is -2.47. The number of fused-ring (bicyclic) bond motifs is 1. The predicted octanol–water partition coefficient (Wildman–Crippen LogP) is 2.77. The Morgan fingerprint density at radius 3 is 2.29 bits per heavy atom. The van der Waals surface area contributed by atoms with Gasteiger partial charge < -0.3 is 21.5 Å². The van der Waals surface area contributed by atoms with Crippen LogP contribution in [0.3, 0.4) is 0 Å². The molecule has 0 heterocycles. The lowest BCUT2D eigenvalue weighted by atomic mass is 9.82. The van der Waals surface area contributed by atoms with E-state index in [2.05, 4.69) is 17.4 Å². The number of unbranched alkanes of at least 4 members (excludes halogenated alkanes) is 1. The Morgan fingerprint density at radius 2 is 1.71 bits per heavy atom. The molecule has 0 radical (unpaired) electrons. The lowest BCUT2D eigenvalue weighted by molar-refractivity contribution is -0.120. The van der Waals surface area contributed by atoms with Crippen LogP contribution in [0.4, 0.5) is 4.79 Å². The standard InChI is InChI=1S/C22H35N3O3/c1-22(2,3)28-21(27)25-19(20(24)26)14-16-12-11-15(8-6-7-13-23)17-9-4-5-10-18(16)17/h11-12,19H,4-10,13-14,23H2,1-3H3,(H2,24,26)(H,25,27)/t19-/m0/s1. The Morgan fingerprint density at radius 1 is 1.11 bits per heavy atom. The van der Waals surface area contributed by atoms with Gasteiger partial charge in [0.15, 0.2) is 0 Å². The maximum absolute atomic E-state index is 12.1. The molecule has 0 spiro atoms. The van der Waals surface area contributed by atoms with Gasteiger partial charge in [-0.1, -0.05) is 12.1 Å². The van der Waals surface area contributed by atoms with Gasteiger partial charge >= 0.3 is 6.09 Å². The third kappa shape index (κ3) is 6.51. The largest absolute Gasteiger partial charge is 0.444 e. The van der Waals surface area contributed by atoms with Crippen LogP contribution in [0, 0.1) is 0 Å². The molecule has 0 aliphatic heterocycles. The van der Waals surface area contributed by atoms with Gasteiger partial charge in [-0.2, -0.15) is 0 Å². The lowest BCUT2D eigenvalue weighted by Gasteiger charge is -2.26. The number of hydrogen-bond donors (Lipinski definition) is 3. The van der Waals surface area contributed by atoms with E-state index >= 15 is 0 Å². The summed E-state index contributed by atoms with van der Waals surface area (Å²) in [5.74, 6) is -0.553. The predicted molar refractivity (Wildman–Crippen MR) is 111 cm³/mol. The van der Waals surface area contributed by atoms with Gasteiger partial charge in [-0.3, -0.25) is 4.79 Å². The highest BCUT2D eigenvalue weighted by Crippen LogP contribution is 2.29. The maximum atomic E-state index is 12.1. The maximum Gasteiger partial charge on any atom is 0.408 e. The smallest absolute Gasteiger partial charge is 0.408 e. The Bertz CT molecular complexity index is 695. The zero-order valence-corrected chi connectivity index (χ0v) is 17.5. The monoisotopic (exact) mass is 389 g/mol. The number of primary amides is 1. The van der Waals surface area contributed by atoms with E-state index in [1.165, 1.54) is 23.1 Å². The molecule has 1 aliphatic rings. The van der Waals surface area contributed by atoms with Crippen LogP contribution in [0.5, 0.6) is 0 Å². The number of rotatable bonds is 8. The number of nitrogens with one attached hydrogen (secondary N) is 1. The van der Waals surface area contributed by atoms with Crippen LogP contribution in [0.15, 0.2) is 12.1 Å². The number of carbonyl (C=O) groups excluding carboxylic acids is 2. The number of carbonyl (C=O) groups is 2. The van der Waals surface area contributed by atoms with Crippen LogP contribution >= 0.6 is 0 Å². The number of aryl methyl sites for hydroxylation is 1. The van der Waals surface area contributed by atoms with Crippen molar-refractivity contribution >= 4 is 12.0 Å². The first kappa shape index (κ1) is 22.2. The Labute approximate surface area is 168 Å². The molecule has 0 saturated heterocycles. The van der Waals surface area contributed by atoms with Crippen LogP contribution in [0.2, 0.25) is 0 Å². The van der Waals surface area contributed by atoms with E-state index in [0.717, 1.165) is 50.6 Å². The number of benzene rings is 1.